The molecule has 4 aromatic heterocycles. The van der Waals surface area contributed by atoms with Gasteiger partial charge in [-0.15, -0.1) is 0 Å². The van der Waals surface area contributed by atoms with Crippen molar-refractivity contribution in [1.82, 2.24) is 34.3 Å². The predicted octanol–water partition coefficient (Wildman–Crippen LogP) is 2.47. The third-order valence-electron chi connectivity index (χ3n) is 6.45. The van der Waals surface area contributed by atoms with E-state index in [0.717, 1.165) is 48.6 Å². The van der Waals surface area contributed by atoms with Gasteiger partial charge in [-0.3, -0.25) is 4.68 Å². The summed E-state index contributed by atoms with van der Waals surface area (Å²) in [5.74, 6) is 1.16. The van der Waals surface area contributed by atoms with Crippen LogP contribution in [0.5, 0.6) is 0 Å². The van der Waals surface area contributed by atoms with Gasteiger partial charge in [-0.25, -0.2) is 23.9 Å². The highest BCUT2D eigenvalue weighted by atomic mass is 19.1. The first-order valence-corrected chi connectivity index (χ1v) is 11.6. The smallest absolute Gasteiger partial charge is 0.225 e. The third-order valence-corrected chi connectivity index (χ3v) is 6.45. The first-order chi connectivity index (χ1) is 17.5. The van der Waals surface area contributed by atoms with Gasteiger partial charge >= 0.3 is 0 Å². The molecule has 36 heavy (non-hydrogen) atoms. The van der Waals surface area contributed by atoms with Crippen molar-refractivity contribution < 1.29 is 9.50 Å². The van der Waals surface area contributed by atoms with Crippen LogP contribution in [0, 0.1) is 5.82 Å². The molecule has 5 aromatic rings. The highest BCUT2D eigenvalue weighted by molar-refractivity contribution is 5.77. The van der Waals surface area contributed by atoms with Crippen molar-refractivity contribution in [2.75, 3.05) is 36.0 Å². The average Bonchev–Trinajstić information content (AvgIpc) is 3.55. The molecule has 1 atom stereocenters. The molecule has 1 aliphatic heterocycles. The zero-order valence-electron chi connectivity index (χ0n) is 19.6. The van der Waals surface area contributed by atoms with Crippen molar-refractivity contribution in [2.24, 2.45) is 7.05 Å². The molecule has 0 bridgehead atoms. The number of anilines is 2. The highest BCUT2D eigenvalue weighted by Gasteiger charge is 2.23. The monoisotopic (exact) mass is 485 g/mol. The topological polar surface area (TPSA) is 100 Å². The van der Waals surface area contributed by atoms with Crippen LogP contribution in [0.3, 0.4) is 0 Å². The summed E-state index contributed by atoms with van der Waals surface area (Å²) in [6.07, 6.45) is 9.72. The van der Waals surface area contributed by atoms with Crippen molar-refractivity contribution in [3.8, 4) is 11.1 Å². The van der Waals surface area contributed by atoms with Crippen molar-refractivity contribution >= 4 is 17.3 Å². The first kappa shape index (κ1) is 22.1. The van der Waals surface area contributed by atoms with Gasteiger partial charge < -0.3 is 14.9 Å². The number of hydrogen-bond donors (Lipinski definition) is 1. The Morgan fingerprint density at radius 1 is 0.833 bits per heavy atom. The number of rotatable bonds is 5. The van der Waals surface area contributed by atoms with Crippen LogP contribution in [-0.4, -0.2) is 65.6 Å². The van der Waals surface area contributed by atoms with Crippen LogP contribution in [0.2, 0.25) is 0 Å². The third kappa shape index (κ3) is 4.13. The summed E-state index contributed by atoms with van der Waals surface area (Å²) in [6, 6.07) is 7.86. The minimum absolute atomic E-state index is 0.342. The van der Waals surface area contributed by atoms with Gasteiger partial charge in [0, 0.05) is 74.7 Å². The largest absolute Gasteiger partial charge is 0.384 e. The molecule has 182 valence electrons. The predicted molar refractivity (Wildman–Crippen MR) is 132 cm³/mol. The summed E-state index contributed by atoms with van der Waals surface area (Å²) in [6.45, 7) is 2.96. The van der Waals surface area contributed by atoms with E-state index in [1.165, 1.54) is 12.1 Å². The molecule has 0 spiro atoms. The Labute approximate surface area is 206 Å². The molecular formula is C25H24FN9O. The van der Waals surface area contributed by atoms with Crippen LogP contribution in [0.25, 0.3) is 16.6 Å². The van der Waals surface area contributed by atoms with Crippen LogP contribution < -0.4 is 9.80 Å². The lowest BCUT2D eigenvalue weighted by Crippen LogP contribution is -2.47. The standard InChI is InChI=1S/C25H24FN9O/c1-32-14-20(13-30-32)18-10-22-24(29-16-31-35(22)15-18)33-6-8-34(9-7-33)25-27-11-19(12-28-25)23(36)17-2-4-21(26)5-3-17/h2-5,10-16,23,36H,6-9H2,1H3/t23-/m1/s1. The number of halogens is 1. The normalized spacial score (nSPS) is 15.0. The van der Waals surface area contributed by atoms with Gasteiger partial charge in [-0.1, -0.05) is 12.1 Å². The van der Waals surface area contributed by atoms with E-state index in [1.807, 2.05) is 30.2 Å². The Hall–Kier alpha value is -4.38. The maximum absolute atomic E-state index is 13.2. The van der Waals surface area contributed by atoms with Gasteiger partial charge in [0.25, 0.3) is 0 Å². The summed E-state index contributed by atoms with van der Waals surface area (Å²) in [5, 5.41) is 19.2. The number of aromatic nitrogens is 7. The molecule has 0 unspecified atom stereocenters. The lowest BCUT2D eigenvalue weighted by atomic mass is 10.0. The minimum Gasteiger partial charge on any atom is -0.384 e. The van der Waals surface area contributed by atoms with Crippen molar-refractivity contribution in [1.29, 1.82) is 0 Å². The molecule has 11 heteroatoms. The molecule has 0 radical (unpaired) electrons. The van der Waals surface area contributed by atoms with Gasteiger partial charge in [0.1, 0.15) is 23.8 Å². The van der Waals surface area contributed by atoms with Gasteiger partial charge in [0.15, 0.2) is 5.82 Å². The zero-order chi connectivity index (χ0) is 24.6. The Morgan fingerprint density at radius 3 is 2.25 bits per heavy atom. The quantitative estimate of drug-likeness (QED) is 0.405. The summed E-state index contributed by atoms with van der Waals surface area (Å²) >= 11 is 0. The van der Waals surface area contributed by atoms with Crippen LogP contribution in [0.1, 0.15) is 17.2 Å². The van der Waals surface area contributed by atoms with Crippen molar-refractivity contribution in [3.63, 3.8) is 0 Å². The molecule has 1 N–H and O–H groups in total. The highest BCUT2D eigenvalue weighted by Crippen LogP contribution is 2.28. The van der Waals surface area contributed by atoms with Crippen LogP contribution in [0.4, 0.5) is 16.2 Å². The number of aliphatic hydroxyl groups excluding tert-OH is 1. The van der Waals surface area contributed by atoms with E-state index < -0.39 is 6.10 Å². The second-order valence-electron chi connectivity index (χ2n) is 8.79. The number of benzene rings is 1. The second-order valence-corrected chi connectivity index (χ2v) is 8.79. The SMILES string of the molecule is Cn1cc(-c2cc3c(N4CCN(c5ncc([C@H](O)c6ccc(F)cc6)cn5)CC4)ncnn3c2)cn1. The Bertz CT molecular complexity index is 1490. The fourth-order valence-corrected chi connectivity index (χ4v) is 4.48. The molecule has 5 heterocycles. The summed E-state index contributed by atoms with van der Waals surface area (Å²) in [5.41, 5.74) is 4.17. The number of aryl methyl sites for hydroxylation is 1. The number of hydrogen-bond acceptors (Lipinski definition) is 8. The van der Waals surface area contributed by atoms with Crippen LogP contribution >= 0.6 is 0 Å². The van der Waals surface area contributed by atoms with E-state index in [-0.39, 0.29) is 5.82 Å². The Balaban J connectivity index is 1.15. The number of nitrogens with zero attached hydrogens (tertiary/aromatic N) is 9. The summed E-state index contributed by atoms with van der Waals surface area (Å²) in [7, 11) is 1.90. The van der Waals surface area contributed by atoms with E-state index >= 15 is 0 Å². The summed E-state index contributed by atoms with van der Waals surface area (Å²) in [4.78, 5) is 17.9. The second kappa shape index (κ2) is 9.00. The summed E-state index contributed by atoms with van der Waals surface area (Å²) < 4.78 is 16.8. The first-order valence-electron chi connectivity index (χ1n) is 11.6. The Morgan fingerprint density at radius 2 is 1.56 bits per heavy atom. The van der Waals surface area contributed by atoms with E-state index in [9.17, 15) is 9.50 Å². The number of fused-ring (bicyclic) bond motifs is 1. The molecule has 0 amide bonds. The molecule has 10 nitrogen and oxygen atoms in total. The van der Waals surface area contributed by atoms with Crippen molar-refractivity contribution in [2.45, 2.75) is 6.10 Å². The van der Waals surface area contributed by atoms with E-state index in [0.29, 0.717) is 17.1 Å². The molecule has 6 rings (SSSR count). The molecule has 1 fully saturated rings. The molecule has 1 aromatic carbocycles. The van der Waals surface area contributed by atoms with Crippen molar-refractivity contribution in [3.05, 3.63) is 84.6 Å². The van der Waals surface area contributed by atoms with Gasteiger partial charge in [-0.2, -0.15) is 10.2 Å². The Kier molecular flexibility index (Phi) is 5.53. The fraction of sp³-hybridized carbons (Fsp3) is 0.240. The lowest BCUT2D eigenvalue weighted by Gasteiger charge is -2.35. The van der Waals surface area contributed by atoms with Gasteiger partial charge in [0.05, 0.1) is 6.20 Å². The van der Waals surface area contributed by atoms with E-state index in [2.05, 4.69) is 41.0 Å². The molecule has 1 saturated heterocycles. The fourth-order valence-electron chi connectivity index (χ4n) is 4.48. The minimum atomic E-state index is -0.907. The maximum atomic E-state index is 13.2. The van der Waals surface area contributed by atoms with E-state index in [1.54, 1.807) is 35.5 Å². The molecular weight excluding hydrogens is 461 g/mol. The van der Waals surface area contributed by atoms with E-state index in [4.69, 9.17) is 0 Å². The van der Waals surface area contributed by atoms with Gasteiger partial charge in [-0.05, 0) is 23.8 Å². The molecule has 1 aliphatic rings. The maximum Gasteiger partial charge on any atom is 0.225 e. The molecule has 0 aliphatic carbocycles. The number of aliphatic hydroxyl groups is 1. The molecule has 0 saturated carbocycles. The van der Waals surface area contributed by atoms with Crippen LogP contribution in [0.15, 0.2) is 67.6 Å². The van der Waals surface area contributed by atoms with Gasteiger partial charge in [0.2, 0.25) is 5.95 Å². The number of piperazine rings is 1. The lowest BCUT2D eigenvalue weighted by molar-refractivity contribution is 0.219. The zero-order valence-corrected chi connectivity index (χ0v) is 19.6. The van der Waals surface area contributed by atoms with Crippen LogP contribution in [-0.2, 0) is 7.05 Å². The average molecular weight is 486 g/mol.